The second kappa shape index (κ2) is 5.44. The number of ether oxygens (including phenoxy) is 1. The predicted molar refractivity (Wildman–Crippen MR) is 76.9 cm³/mol. The van der Waals surface area contributed by atoms with Gasteiger partial charge < -0.3 is 4.74 Å². The van der Waals surface area contributed by atoms with E-state index in [-0.39, 0.29) is 0 Å². The minimum Gasteiger partial charge on any atom is -0.444 e. The highest BCUT2D eigenvalue weighted by molar-refractivity contribution is 6.30. The van der Waals surface area contributed by atoms with E-state index in [2.05, 4.69) is 5.32 Å². The first-order chi connectivity index (χ1) is 9.26. The summed E-state index contributed by atoms with van der Waals surface area (Å²) in [6.07, 6.45) is 1.13. The van der Waals surface area contributed by atoms with Crippen molar-refractivity contribution in [3.8, 4) is 0 Å². The van der Waals surface area contributed by atoms with Crippen LogP contribution in [-0.4, -0.2) is 11.7 Å². The van der Waals surface area contributed by atoms with Gasteiger partial charge in [-0.3, -0.25) is 5.32 Å². The van der Waals surface area contributed by atoms with Gasteiger partial charge in [-0.15, -0.1) is 0 Å². The molecule has 0 aliphatic heterocycles. The Hall–Kier alpha value is -1.55. The Morgan fingerprint density at radius 1 is 1.35 bits per heavy atom. The van der Waals surface area contributed by atoms with Gasteiger partial charge in [-0.1, -0.05) is 11.6 Å². The average Bonchev–Trinajstić information content (AvgIpc) is 3.07. The molecule has 5 heteroatoms. The fourth-order valence-corrected chi connectivity index (χ4v) is 1.92. The second-order valence-electron chi connectivity index (χ2n) is 5.73. The van der Waals surface area contributed by atoms with E-state index < -0.39 is 17.5 Å². The summed E-state index contributed by atoms with van der Waals surface area (Å²) in [5.41, 5.74) is 1.25. The van der Waals surface area contributed by atoms with Crippen molar-refractivity contribution >= 4 is 23.4 Å². The molecule has 3 nitrogen and oxygen atoms in total. The first-order valence-electron chi connectivity index (χ1n) is 6.44. The van der Waals surface area contributed by atoms with E-state index in [0.29, 0.717) is 16.3 Å². The molecule has 0 heterocycles. The molecule has 1 saturated carbocycles. The molecule has 1 fully saturated rings. The highest BCUT2D eigenvalue weighted by Gasteiger charge is 2.25. The van der Waals surface area contributed by atoms with Crippen molar-refractivity contribution in [2.75, 3.05) is 0 Å². The average molecular weight is 298 g/mol. The van der Waals surface area contributed by atoms with Gasteiger partial charge in [0.25, 0.3) is 0 Å². The highest BCUT2D eigenvalue weighted by atomic mass is 35.5. The zero-order chi connectivity index (χ0) is 14.9. The number of alkyl carbamates (subject to hydrolysis) is 1. The fraction of sp³-hybridized carbons (Fsp3) is 0.400. The van der Waals surface area contributed by atoms with Crippen LogP contribution >= 0.6 is 11.6 Å². The number of rotatable bonds is 2. The Bertz CT molecular complexity index is 570. The lowest BCUT2D eigenvalue weighted by Crippen LogP contribution is -2.31. The Morgan fingerprint density at radius 2 is 2.00 bits per heavy atom. The zero-order valence-corrected chi connectivity index (χ0v) is 12.5. The standard InChI is InChI=1S/C15H17ClFNO2/c1-15(2,3)20-14(19)18-13(9-4-5-9)11-7-6-10(16)8-12(11)17/h6-8H,4-5H2,1-3H3,(H,18,19). The first-order valence-corrected chi connectivity index (χ1v) is 6.81. The van der Waals surface area contributed by atoms with E-state index in [1.54, 1.807) is 32.9 Å². The van der Waals surface area contributed by atoms with Gasteiger partial charge in [0, 0.05) is 10.6 Å². The number of allylic oxidation sites excluding steroid dienone is 1. The van der Waals surface area contributed by atoms with E-state index >= 15 is 0 Å². The molecule has 0 saturated heterocycles. The van der Waals surface area contributed by atoms with Gasteiger partial charge in [-0.25, -0.2) is 9.18 Å². The van der Waals surface area contributed by atoms with Crippen LogP contribution < -0.4 is 5.32 Å². The van der Waals surface area contributed by atoms with Gasteiger partial charge >= 0.3 is 6.09 Å². The van der Waals surface area contributed by atoms with E-state index in [9.17, 15) is 9.18 Å². The molecule has 20 heavy (non-hydrogen) atoms. The fourth-order valence-electron chi connectivity index (χ4n) is 1.76. The van der Waals surface area contributed by atoms with Crippen LogP contribution in [0.4, 0.5) is 9.18 Å². The number of benzene rings is 1. The highest BCUT2D eigenvalue weighted by Crippen LogP contribution is 2.36. The van der Waals surface area contributed by atoms with Crippen LogP contribution in [0.25, 0.3) is 5.70 Å². The third-order valence-corrected chi connectivity index (χ3v) is 2.92. The third-order valence-electron chi connectivity index (χ3n) is 2.68. The molecule has 0 radical (unpaired) electrons. The monoisotopic (exact) mass is 297 g/mol. The number of nitrogens with one attached hydrogen (secondary N) is 1. The van der Waals surface area contributed by atoms with E-state index in [0.717, 1.165) is 18.4 Å². The van der Waals surface area contributed by atoms with E-state index in [4.69, 9.17) is 16.3 Å². The molecular formula is C15H17ClFNO2. The van der Waals surface area contributed by atoms with Crippen LogP contribution in [0.3, 0.4) is 0 Å². The topological polar surface area (TPSA) is 38.3 Å². The summed E-state index contributed by atoms with van der Waals surface area (Å²) in [5, 5.41) is 2.97. The molecule has 1 aromatic carbocycles. The van der Waals surface area contributed by atoms with Crippen molar-refractivity contribution in [1.29, 1.82) is 0 Å². The molecule has 1 aromatic rings. The van der Waals surface area contributed by atoms with Gasteiger partial charge in [0.1, 0.15) is 11.4 Å². The van der Waals surface area contributed by atoms with Crippen molar-refractivity contribution in [1.82, 2.24) is 5.32 Å². The maximum atomic E-state index is 14.0. The van der Waals surface area contributed by atoms with Crippen LogP contribution in [0.15, 0.2) is 23.8 Å². The molecule has 0 unspecified atom stereocenters. The first kappa shape index (κ1) is 14.9. The maximum Gasteiger partial charge on any atom is 0.412 e. The van der Waals surface area contributed by atoms with Crippen molar-refractivity contribution in [2.45, 2.75) is 39.2 Å². The van der Waals surface area contributed by atoms with Crippen molar-refractivity contribution in [3.05, 3.63) is 40.2 Å². The summed E-state index contributed by atoms with van der Waals surface area (Å²) in [4.78, 5) is 11.8. The largest absolute Gasteiger partial charge is 0.444 e. The second-order valence-corrected chi connectivity index (χ2v) is 6.17. The predicted octanol–water partition coefficient (Wildman–Crippen LogP) is 4.51. The van der Waals surface area contributed by atoms with Crippen LogP contribution in [0, 0.1) is 5.82 Å². The third kappa shape index (κ3) is 3.97. The molecule has 0 aromatic heterocycles. The number of amides is 1. The molecular weight excluding hydrogens is 281 g/mol. The molecule has 0 spiro atoms. The quantitative estimate of drug-likeness (QED) is 0.872. The lowest BCUT2D eigenvalue weighted by atomic mass is 10.1. The van der Waals surface area contributed by atoms with E-state index in [1.807, 2.05) is 0 Å². The van der Waals surface area contributed by atoms with Crippen LogP contribution in [-0.2, 0) is 4.74 Å². The molecule has 108 valence electrons. The Kier molecular flexibility index (Phi) is 4.04. The van der Waals surface area contributed by atoms with Crippen LogP contribution in [0.5, 0.6) is 0 Å². The summed E-state index contributed by atoms with van der Waals surface area (Å²) in [7, 11) is 0. The zero-order valence-electron chi connectivity index (χ0n) is 11.7. The minimum atomic E-state index is -0.595. The molecule has 1 N–H and O–H groups in total. The van der Waals surface area contributed by atoms with Gasteiger partial charge in [0.05, 0.1) is 5.70 Å². The Labute approximate surface area is 122 Å². The molecule has 1 aliphatic carbocycles. The number of carbonyl (C=O) groups excluding carboxylic acids is 1. The SMILES string of the molecule is CC(C)(C)OC(=O)NC(=C1CC1)c1ccc(Cl)cc1F. The molecule has 1 amide bonds. The van der Waals surface area contributed by atoms with Crippen molar-refractivity contribution in [3.63, 3.8) is 0 Å². The summed E-state index contributed by atoms with van der Waals surface area (Å²) in [6.45, 7) is 5.33. The maximum absolute atomic E-state index is 14.0. The van der Waals surface area contributed by atoms with Crippen molar-refractivity contribution < 1.29 is 13.9 Å². The van der Waals surface area contributed by atoms with E-state index in [1.165, 1.54) is 6.07 Å². The normalized spacial score (nSPS) is 13.9. The number of halogens is 2. The smallest absolute Gasteiger partial charge is 0.412 e. The summed E-state index contributed by atoms with van der Waals surface area (Å²) < 4.78 is 19.2. The minimum absolute atomic E-state index is 0.323. The Balaban J connectivity index is 2.22. The van der Waals surface area contributed by atoms with Crippen LogP contribution in [0.1, 0.15) is 39.2 Å². The number of hydrogen-bond donors (Lipinski definition) is 1. The molecule has 2 rings (SSSR count). The van der Waals surface area contributed by atoms with Gasteiger partial charge in [0.2, 0.25) is 0 Å². The summed E-state index contributed by atoms with van der Waals surface area (Å²) in [5.74, 6) is -0.456. The van der Waals surface area contributed by atoms with Crippen molar-refractivity contribution in [2.24, 2.45) is 0 Å². The van der Waals surface area contributed by atoms with Crippen LogP contribution in [0.2, 0.25) is 5.02 Å². The lowest BCUT2D eigenvalue weighted by Gasteiger charge is -2.20. The lowest BCUT2D eigenvalue weighted by molar-refractivity contribution is 0.0558. The van der Waals surface area contributed by atoms with Gasteiger partial charge in [-0.05, 0) is 57.4 Å². The number of carbonyl (C=O) groups is 1. The Morgan fingerprint density at radius 3 is 2.50 bits per heavy atom. The summed E-state index contributed by atoms with van der Waals surface area (Å²) >= 11 is 5.74. The molecule has 0 bridgehead atoms. The van der Waals surface area contributed by atoms with Gasteiger partial charge in [-0.2, -0.15) is 0 Å². The summed E-state index contributed by atoms with van der Waals surface area (Å²) in [6, 6.07) is 4.39. The number of hydrogen-bond acceptors (Lipinski definition) is 2. The molecule has 1 aliphatic rings. The van der Waals surface area contributed by atoms with Gasteiger partial charge in [0.15, 0.2) is 0 Å². The molecule has 0 atom stereocenters.